The van der Waals surface area contributed by atoms with Gasteiger partial charge < -0.3 is 4.42 Å². The quantitative estimate of drug-likeness (QED) is 0.185. The van der Waals surface area contributed by atoms with Crippen LogP contribution >= 0.6 is 0 Å². The first-order valence-corrected chi connectivity index (χ1v) is 18.4. The maximum Gasteiger partial charge on any atom is 0.136 e. The number of para-hydroxylation sites is 3. The van der Waals surface area contributed by atoms with Crippen LogP contribution in [0.15, 0.2) is 162 Å². The lowest BCUT2D eigenvalue weighted by Crippen LogP contribution is -2.43. The van der Waals surface area contributed by atoms with Gasteiger partial charge in [-0.05, 0) is 104 Å². The summed E-state index contributed by atoms with van der Waals surface area (Å²) in [4.78, 5) is 10.6. The Morgan fingerprint density at radius 3 is 1.72 bits per heavy atom. The molecular weight excluding hydrogens is 645 g/mol. The Morgan fingerprint density at radius 1 is 0.377 bits per heavy atom. The molecule has 10 rings (SSSR count). The zero-order chi connectivity index (χ0) is 35.9. The minimum absolute atomic E-state index is 0.136. The molecule has 2 aromatic heterocycles. The molecule has 3 nitrogen and oxygen atoms in total. The largest absolute Gasteiger partial charge is 0.456 e. The second-order valence-electron chi connectivity index (χ2n) is 15.4. The van der Waals surface area contributed by atoms with Gasteiger partial charge in [-0.25, -0.2) is 9.97 Å². The van der Waals surface area contributed by atoms with E-state index in [0.29, 0.717) is 0 Å². The van der Waals surface area contributed by atoms with Gasteiger partial charge in [-0.15, -0.1) is 0 Å². The molecule has 9 aromatic rings. The van der Waals surface area contributed by atoms with Gasteiger partial charge in [0, 0.05) is 21.9 Å². The molecule has 254 valence electrons. The number of hydrogen-bond donors (Lipinski definition) is 0. The van der Waals surface area contributed by atoms with Gasteiger partial charge in [0.25, 0.3) is 0 Å². The van der Waals surface area contributed by atoms with Crippen molar-refractivity contribution in [3.63, 3.8) is 0 Å². The molecule has 0 bridgehead atoms. The first-order chi connectivity index (χ1) is 25.8. The standard InChI is InChI=1S/C50H38N2O/c1-49(2)41-26-23-34(33-16-12-15-32(27-33)31-13-6-5-7-14-31)28-40(41)37-24-21-35(29-42(37)50(49,3)4)47-48(52-44-19-10-9-18-43(44)51-47)36-22-25-39-38-17-8-11-20-45(38)53-46(39)30-36/h5-30H,1-4H3. The van der Waals surface area contributed by atoms with E-state index >= 15 is 0 Å². The Morgan fingerprint density at radius 2 is 0.943 bits per heavy atom. The molecule has 0 saturated carbocycles. The number of aromatic nitrogens is 2. The van der Waals surface area contributed by atoms with Crippen molar-refractivity contribution in [2.75, 3.05) is 0 Å². The molecule has 0 atom stereocenters. The summed E-state index contributed by atoms with van der Waals surface area (Å²) in [5.74, 6) is 0. The molecule has 0 radical (unpaired) electrons. The fourth-order valence-electron chi connectivity index (χ4n) is 8.39. The van der Waals surface area contributed by atoms with E-state index in [4.69, 9.17) is 14.4 Å². The number of rotatable bonds is 4. The molecule has 0 saturated heterocycles. The van der Waals surface area contributed by atoms with E-state index in [1.54, 1.807) is 0 Å². The highest BCUT2D eigenvalue weighted by Gasteiger charge is 2.46. The van der Waals surface area contributed by atoms with E-state index in [-0.39, 0.29) is 10.8 Å². The molecule has 0 unspecified atom stereocenters. The predicted molar refractivity (Wildman–Crippen MR) is 220 cm³/mol. The van der Waals surface area contributed by atoms with E-state index in [2.05, 4.69) is 149 Å². The summed E-state index contributed by atoms with van der Waals surface area (Å²) in [6.07, 6.45) is 0. The van der Waals surface area contributed by atoms with Crippen molar-refractivity contribution in [3.8, 4) is 55.9 Å². The lowest BCUT2D eigenvalue weighted by molar-refractivity contribution is 0.299. The third kappa shape index (κ3) is 4.88. The summed E-state index contributed by atoms with van der Waals surface area (Å²) >= 11 is 0. The van der Waals surface area contributed by atoms with E-state index in [0.717, 1.165) is 55.5 Å². The molecule has 0 N–H and O–H groups in total. The second kappa shape index (κ2) is 11.6. The minimum atomic E-state index is -0.169. The number of benzene rings is 7. The SMILES string of the molecule is CC1(C)c2ccc(-c3cccc(-c4ccccc4)c3)cc2-c2ccc(-c3nc4ccccc4nc3-c3ccc4c(c3)oc3ccccc34)cc2C1(C)C. The van der Waals surface area contributed by atoms with Crippen molar-refractivity contribution >= 4 is 33.0 Å². The molecule has 53 heavy (non-hydrogen) atoms. The Kier molecular flexibility index (Phi) is 6.87. The predicted octanol–water partition coefficient (Wildman–Crippen LogP) is 13.4. The van der Waals surface area contributed by atoms with Gasteiger partial charge in [0.1, 0.15) is 11.2 Å². The van der Waals surface area contributed by atoms with Crippen LogP contribution in [0.3, 0.4) is 0 Å². The zero-order valence-electron chi connectivity index (χ0n) is 30.3. The Labute approximate surface area is 309 Å². The number of fused-ring (bicyclic) bond motifs is 7. The van der Waals surface area contributed by atoms with Crippen molar-refractivity contribution < 1.29 is 4.42 Å². The summed E-state index contributed by atoms with van der Waals surface area (Å²) in [5.41, 5.74) is 17.1. The van der Waals surface area contributed by atoms with Gasteiger partial charge in [0.15, 0.2) is 0 Å². The minimum Gasteiger partial charge on any atom is -0.456 e. The summed E-state index contributed by atoms with van der Waals surface area (Å²) in [7, 11) is 0. The lowest BCUT2D eigenvalue weighted by atomic mass is 9.55. The topological polar surface area (TPSA) is 38.9 Å². The van der Waals surface area contributed by atoms with Crippen LogP contribution in [0.1, 0.15) is 38.8 Å². The molecule has 2 heterocycles. The molecule has 0 amide bonds. The first kappa shape index (κ1) is 31.4. The Balaban J connectivity index is 1.14. The molecule has 1 aliphatic carbocycles. The van der Waals surface area contributed by atoms with Crippen LogP contribution in [0.5, 0.6) is 0 Å². The van der Waals surface area contributed by atoms with Crippen LogP contribution in [-0.2, 0) is 10.8 Å². The number of furan rings is 1. The van der Waals surface area contributed by atoms with Crippen LogP contribution in [0.2, 0.25) is 0 Å². The normalized spacial score (nSPS) is 14.3. The summed E-state index contributed by atoms with van der Waals surface area (Å²) < 4.78 is 6.33. The number of hydrogen-bond acceptors (Lipinski definition) is 3. The third-order valence-electron chi connectivity index (χ3n) is 12.0. The lowest BCUT2D eigenvalue weighted by Gasteiger charge is -2.48. The summed E-state index contributed by atoms with van der Waals surface area (Å²) in [5, 5.41) is 2.22. The van der Waals surface area contributed by atoms with Gasteiger partial charge >= 0.3 is 0 Å². The molecule has 3 heteroatoms. The maximum absolute atomic E-state index is 6.33. The highest BCUT2D eigenvalue weighted by molar-refractivity contribution is 6.06. The summed E-state index contributed by atoms with van der Waals surface area (Å²) in [6, 6.07) is 56.3. The Hall–Kier alpha value is -6.32. The zero-order valence-corrected chi connectivity index (χ0v) is 30.3. The number of nitrogens with zero attached hydrogens (tertiary/aromatic N) is 2. The van der Waals surface area contributed by atoms with Crippen molar-refractivity contribution in [2.45, 2.75) is 38.5 Å². The summed E-state index contributed by atoms with van der Waals surface area (Å²) in [6.45, 7) is 9.55. The fourth-order valence-corrected chi connectivity index (χ4v) is 8.39. The van der Waals surface area contributed by atoms with Crippen molar-refractivity contribution in [3.05, 3.63) is 169 Å². The average Bonchev–Trinajstić information content (AvgIpc) is 3.58. The molecule has 0 fully saturated rings. The van der Waals surface area contributed by atoms with E-state index < -0.39 is 0 Å². The third-order valence-corrected chi connectivity index (χ3v) is 12.0. The van der Waals surface area contributed by atoms with E-state index in [1.165, 1.54) is 44.5 Å². The smallest absolute Gasteiger partial charge is 0.136 e. The molecule has 7 aromatic carbocycles. The van der Waals surface area contributed by atoms with Gasteiger partial charge in [0.05, 0.1) is 22.4 Å². The first-order valence-electron chi connectivity index (χ1n) is 18.4. The monoisotopic (exact) mass is 682 g/mol. The van der Waals surface area contributed by atoms with Crippen LogP contribution < -0.4 is 0 Å². The molecule has 0 aliphatic heterocycles. The van der Waals surface area contributed by atoms with Gasteiger partial charge in [-0.3, -0.25) is 0 Å². The highest BCUT2D eigenvalue weighted by atomic mass is 16.3. The second-order valence-corrected chi connectivity index (χ2v) is 15.4. The molecular formula is C50H38N2O. The van der Waals surface area contributed by atoms with Crippen LogP contribution in [-0.4, -0.2) is 9.97 Å². The van der Waals surface area contributed by atoms with Crippen LogP contribution in [0.4, 0.5) is 0 Å². The van der Waals surface area contributed by atoms with E-state index in [1.807, 2.05) is 36.4 Å². The average molecular weight is 683 g/mol. The fraction of sp³-hybridized carbons (Fsp3) is 0.120. The molecule has 0 spiro atoms. The highest BCUT2D eigenvalue weighted by Crippen LogP contribution is 2.55. The van der Waals surface area contributed by atoms with Crippen molar-refractivity contribution in [2.24, 2.45) is 0 Å². The van der Waals surface area contributed by atoms with Crippen molar-refractivity contribution in [1.82, 2.24) is 9.97 Å². The van der Waals surface area contributed by atoms with E-state index in [9.17, 15) is 0 Å². The van der Waals surface area contributed by atoms with Gasteiger partial charge in [0.2, 0.25) is 0 Å². The van der Waals surface area contributed by atoms with Crippen LogP contribution in [0, 0.1) is 0 Å². The van der Waals surface area contributed by atoms with Crippen LogP contribution in [0.25, 0.3) is 88.9 Å². The van der Waals surface area contributed by atoms with Gasteiger partial charge in [-0.1, -0.05) is 137 Å². The maximum atomic E-state index is 6.33. The van der Waals surface area contributed by atoms with Gasteiger partial charge in [-0.2, -0.15) is 0 Å². The molecule has 1 aliphatic rings. The Bertz CT molecular complexity index is 2900. The van der Waals surface area contributed by atoms with Crippen molar-refractivity contribution in [1.29, 1.82) is 0 Å².